The summed E-state index contributed by atoms with van der Waals surface area (Å²) in [6, 6.07) is 3.31. The number of hydrogen-bond donors (Lipinski definition) is 1. The third-order valence-corrected chi connectivity index (χ3v) is 5.30. The molecule has 0 radical (unpaired) electrons. The summed E-state index contributed by atoms with van der Waals surface area (Å²) in [6.07, 6.45) is -10.3. The van der Waals surface area contributed by atoms with Crippen molar-refractivity contribution in [3.05, 3.63) is 29.8 Å². The third-order valence-electron chi connectivity index (χ3n) is 5.30. The van der Waals surface area contributed by atoms with Crippen LogP contribution in [0.15, 0.2) is 24.3 Å². The van der Waals surface area contributed by atoms with Gasteiger partial charge in [0.05, 0.1) is 18.6 Å². The highest BCUT2D eigenvalue weighted by molar-refractivity contribution is 5.31. The van der Waals surface area contributed by atoms with E-state index in [0.717, 1.165) is 12.1 Å². The monoisotopic (exact) mass is 612 g/mol. The first-order valence-corrected chi connectivity index (χ1v) is 10.2. The summed E-state index contributed by atoms with van der Waals surface area (Å²) in [5.74, 6) is -57.1. The lowest BCUT2D eigenvalue weighted by Gasteiger charge is -2.43. The van der Waals surface area contributed by atoms with E-state index in [2.05, 4.69) is 0 Å². The highest BCUT2D eigenvalue weighted by Crippen LogP contribution is 2.64. The minimum absolute atomic E-state index is 0.0125. The molecule has 1 aromatic carbocycles. The second-order valence-corrected chi connectivity index (χ2v) is 8.47. The maximum Gasteiger partial charge on any atom is 0.460 e. The van der Waals surface area contributed by atoms with Gasteiger partial charge in [0.15, 0.2) is 0 Å². The molecule has 0 aliphatic heterocycles. The van der Waals surface area contributed by atoms with Crippen molar-refractivity contribution in [1.29, 1.82) is 0 Å². The van der Waals surface area contributed by atoms with Crippen molar-refractivity contribution in [2.24, 2.45) is 0 Å². The predicted molar refractivity (Wildman–Crippen MR) is 97.1 cm³/mol. The predicted octanol–water partition coefficient (Wildman–Crippen LogP) is 8.08. The highest BCUT2D eigenvalue weighted by atomic mass is 19.4. The first-order chi connectivity index (χ1) is 17.0. The van der Waals surface area contributed by atoms with E-state index < -0.39 is 65.2 Å². The van der Waals surface area contributed by atoms with Crippen molar-refractivity contribution in [3.8, 4) is 5.75 Å². The first kappa shape index (κ1) is 34.8. The van der Waals surface area contributed by atoms with Gasteiger partial charge < -0.3 is 9.84 Å². The first-order valence-electron chi connectivity index (χ1n) is 10.2. The summed E-state index contributed by atoms with van der Waals surface area (Å²) in [6.45, 7) is 2.02. The number of hydrogen-bond acceptors (Lipinski definition) is 2. The van der Waals surface area contributed by atoms with Crippen molar-refractivity contribution >= 4 is 0 Å². The van der Waals surface area contributed by atoms with Crippen LogP contribution in [0.3, 0.4) is 0 Å². The summed E-state index contributed by atoms with van der Waals surface area (Å²) in [4.78, 5) is 0. The lowest BCUT2D eigenvalue weighted by Crippen LogP contribution is -2.74. The van der Waals surface area contributed by atoms with E-state index in [0.29, 0.717) is 18.6 Å². The smallest absolute Gasteiger partial charge is 0.460 e. The van der Waals surface area contributed by atoms with E-state index in [4.69, 9.17) is 4.74 Å². The SMILES string of the molecule is CCCOc1ccc(C(C)(O)CC(F)(F)C(F)(F)C(F)(F)C(F)(F)C(F)(F)C(F)(F)C(F)(F)C(F)(F)F)cc1. The third kappa shape index (κ3) is 5.42. The van der Waals surface area contributed by atoms with Gasteiger partial charge in [0.1, 0.15) is 5.75 Å². The molecule has 1 aromatic rings. The number of halogens is 17. The van der Waals surface area contributed by atoms with Crippen LogP contribution in [0.5, 0.6) is 5.75 Å². The van der Waals surface area contributed by atoms with Gasteiger partial charge in [0.25, 0.3) is 0 Å². The Bertz CT molecular complexity index is 981. The second kappa shape index (κ2) is 10.0. The molecule has 0 amide bonds. The van der Waals surface area contributed by atoms with Crippen molar-refractivity contribution in [3.63, 3.8) is 0 Å². The van der Waals surface area contributed by atoms with Crippen molar-refractivity contribution in [1.82, 2.24) is 0 Å². The fourth-order valence-electron chi connectivity index (χ4n) is 2.97. The highest BCUT2D eigenvalue weighted by Gasteiger charge is 2.95. The molecule has 19 heteroatoms. The van der Waals surface area contributed by atoms with Gasteiger partial charge in [-0.3, -0.25) is 0 Å². The van der Waals surface area contributed by atoms with Crippen LogP contribution in [0.1, 0.15) is 32.3 Å². The average Bonchev–Trinajstić information content (AvgIpc) is 2.75. The van der Waals surface area contributed by atoms with Crippen LogP contribution >= 0.6 is 0 Å². The minimum Gasteiger partial charge on any atom is -0.494 e. The van der Waals surface area contributed by atoms with Crippen molar-refractivity contribution < 1.29 is 84.5 Å². The van der Waals surface area contributed by atoms with Crippen LogP contribution in [-0.2, 0) is 5.60 Å². The van der Waals surface area contributed by atoms with Gasteiger partial charge >= 0.3 is 47.6 Å². The molecule has 1 atom stereocenters. The Hall–Kier alpha value is -2.21. The molecular weight excluding hydrogens is 595 g/mol. The molecule has 0 heterocycles. The molecule has 0 bridgehead atoms. The van der Waals surface area contributed by atoms with Crippen LogP contribution < -0.4 is 4.74 Å². The molecule has 0 aromatic heterocycles. The Labute approximate surface area is 207 Å². The van der Waals surface area contributed by atoms with Crippen LogP contribution in [0.4, 0.5) is 74.6 Å². The molecule has 1 N–H and O–H groups in total. The van der Waals surface area contributed by atoms with Crippen LogP contribution in [0, 0.1) is 0 Å². The molecule has 0 saturated carbocycles. The van der Waals surface area contributed by atoms with Crippen LogP contribution in [-0.4, -0.2) is 59.3 Å². The minimum atomic E-state index is -8.70. The average molecular weight is 612 g/mol. The topological polar surface area (TPSA) is 29.5 Å². The number of alkyl halides is 17. The molecule has 0 fully saturated rings. The van der Waals surface area contributed by atoms with Gasteiger partial charge in [-0.25, -0.2) is 0 Å². The Morgan fingerprint density at radius 2 is 0.949 bits per heavy atom. The maximum atomic E-state index is 14.3. The quantitative estimate of drug-likeness (QED) is 0.242. The molecule has 0 aliphatic rings. The zero-order chi connectivity index (χ0) is 31.3. The zero-order valence-corrected chi connectivity index (χ0v) is 19.2. The molecule has 0 spiro atoms. The maximum absolute atomic E-state index is 14.3. The van der Waals surface area contributed by atoms with E-state index in [1.807, 2.05) is 0 Å². The number of aliphatic hydroxyl groups is 1. The largest absolute Gasteiger partial charge is 0.494 e. The molecule has 228 valence electrons. The molecule has 39 heavy (non-hydrogen) atoms. The summed E-state index contributed by atoms with van der Waals surface area (Å²) in [5, 5.41) is 10.1. The number of rotatable bonds is 12. The number of ether oxygens (including phenoxy) is 1. The molecule has 0 saturated heterocycles. The Balaban J connectivity index is 3.51. The standard InChI is InChI=1S/C20H17F17O2/c1-3-8-39-11-6-4-10(5-7-11)12(2,38)9-13(21,22)14(23,24)15(25,26)16(27,28)17(29,30)18(31,32)19(33,34)20(35,36)37/h4-7,38H,3,8-9H2,1-2H3. The molecule has 1 rings (SSSR count). The Kier molecular flexibility index (Phi) is 8.93. The van der Waals surface area contributed by atoms with Gasteiger partial charge in [0.2, 0.25) is 0 Å². The van der Waals surface area contributed by atoms with E-state index in [9.17, 15) is 79.7 Å². The Morgan fingerprint density at radius 3 is 1.31 bits per heavy atom. The van der Waals surface area contributed by atoms with Gasteiger partial charge in [-0.1, -0.05) is 19.1 Å². The van der Waals surface area contributed by atoms with Gasteiger partial charge in [-0.2, -0.15) is 74.6 Å². The van der Waals surface area contributed by atoms with E-state index in [-0.39, 0.29) is 19.3 Å². The molecular formula is C20H17F17O2. The van der Waals surface area contributed by atoms with Gasteiger partial charge in [-0.15, -0.1) is 0 Å². The summed E-state index contributed by atoms with van der Waals surface area (Å²) in [5.41, 5.74) is -4.16. The van der Waals surface area contributed by atoms with Crippen molar-refractivity contribution in [2.45, 2.75) is 79.9 Å². The zero-order valence-electron chi connectivity index (χ0n) is 19.2. The fourth-order valence-corrected chi connectivity index (χ4v) is 2.97. The molecule has 2 nitrogen and oxygen atoms in total. The summed E-state index contributed by atoms with van der Waals surface area (Å²) < 4.78 is 233. The van der Waals surface area contributed by atoms with Crippen molar-refractivity contribution in [2.75, 3.05) is 6.61 Å². The lowest BCUT2D eigenvalue weighted by molar-refractivity contribution is -0.462. The molecule has 1 unspecified atom stereocenters. The summed E-state index contributed by atoms with van der Waals surface area (Å²) in [7, 11) is 0. The van der Waals surface area contributed by atoms with Gasteiger partial charge in [-0.05, 0) is 31.0 Å². The van der Waals surface area contributed by atoms with Gasteiger partial charge in [0, 0.05) is 0 Å². The number of benzene rings is 1. The normalized spacial score (nSPS) is 16.7. The lowest BCUT2D eigenvalue weighted by atomic mass is 9.83. The molecule has 0 aliphatic carbocycles. The fraction of sp³-hybridized carbons (Fsp3) is 0.700. The Morgan fingerprint density at radius 1 is 0.590 bits per heavy atom. The second-order valence-electron chi connectivity index (χ2n) is 8.47. The summed E-state index contributed by atoms with van der Waals surface area (Å²) >= 11 is 0. The van der Waals surface area contributed by atoms with E-state index >= 15 is 0 Å². The van der Waals surface area contributed by atoms with E-state index in [1.54, 1.807) is 6.92 Å². The van der Waals surface area contributed by atoms with Crippen LogP contribution in [0.25, 0.3) is 0 Å². The van der Waals surface area contributed by atoms with Crippen LogP contribution in [0.2, 0.25) is 0 Å². The van der Waals surface area contributed by atoms with E-state index in [1.165, 1.54) is 0 Å².